The Bertz CT molecular complexity index is 542. The molecule has 3 N–H and O–H groups in total. The van der Waals surface area contributed by atoms with Gasteiger partial charge in [-0.25, -0.2) is 0 Å². The van der Waals surface area contributed by atoms with Crippen LogP contribution in [0, 0.1) is 0 Å². The molecule has 0 aromatic heterocycles. The highest BCUT2D eigenvalue weighted by Gasteiger charge is 2.07. The molecule has 0 saturated carbocycles. The first kappa shape index (κ1) is 20.0. The highest BCUT2D eigenvalue weighted by Crippen LogP contribution is 2.05. The molecule has 0 aliphatic heterocycles. The smallest absolute Gasteiger partial charge is 0.251 e. The van der Waals surface area contributed by atoms with Crippen molar-refractivity contribution in [3.8, 4) is 0 Å². The van der Waals surface area contributed by atoms with E-state index in [2.05, 4.69) is 34.8 Å². The van der Waals surface area contributed by atoms with Gasteiger partial charge >= 0.3 is 0 Å². The Balaban J connectivity index is 2.57. The van der Waals surface area contributed by atoms with Gasteiger partial charge in [-0.1, -0.05) is 19.1 Å². The van der Waals surface area contributed by atoms with Crippen molar-refractivity contribution in [3.05, 3.63) is 35.4 Å². The van der Waals surface area contributed by atoms with Gasteiger partial charge in [0.25, 0.3) is 5.91 Å². The molecule has 134 valence electrons. The number of hydrogen-bond donors (Lipinski definition) is 3. The Kier molecular flexibility index (Phi) is 8.86. The van der Waals surface area contributed by atoms with Crippen LogP contribution in [0.25, 0.3) is 0 Å². The number of hydrogen-bond acceptors (Lipinski definition) is 3. The third-order valence-electron chi connectivity index (χ3n) is 3.71. The van der Waals surface area contributed by atoms with Crippen molar-refractivity contribution < 1.29 is 4.79 Å². The molecule has 6 nitrogen and oxygen atoms in total. The van der Waals surface area contributed by atoms with Crippen molar-refractivity contribution in [2.24, 2.45) is 4.99 Å². The van der Waals surface area contributed by atoms with Gasteiger partial charge in [-0.05, 0) is 45.1 Å². The molecule has 0 radical (unpaired) electrons. The fourth-order valence-electron chi connectivity index (χ4n) is 2.03. The first-order chi connectivity index (χ1) is 11.5. The average Bonchev–Trinajstić information content (AvgIpc) is 2.58. The van der Waals surface area contributed by atoms with Crippen LogP contribution in [0.1, 0.15) is 36.2 Å². The Hall–Kier alpha value is -2.08. The summed E-state index contributed by atoms with van der Waals surface area (Å²) in [6, 6.07) is 8.02. The Morgan fingerprint density at radius 3 is 2.67 bits per heavy atom. The number of carbonyl (C=O) groups excluding carboxylic acids is 1. The second kappa shape index (κ2) is 10.6. The number of nitrogens with zero attached hydrogens (tertiary/aromatic N) is 2. The fraction of sp³-hybridized carbons (Fsp3) is 0.556. The zero-order chi connectivity index (χ0) is 17.9. The SMILES string of the molecule is CCC(C)NC(=NC)NCc1cccc(C(=O)NCCN(C)C)c1. The molecule has 24 heavy (non-hydrogen) atoms. The standard InChI is InChI=1S/C18H31N5O/c1-6-14(2)22-18(19-3)21-13-15-8-7-9-16(12-15)17(24)20-10-11-23(4)5/h7-9,12,14H,6,10-11,13H2,1-5H3,(H,20,24)(H2,19,21,22). The zero-order valence-corrected chi connectivity index (χ0v) is 15.5. The van der Waals surface area contributed by atoms with Gasteiger partial charge in [0.15, 0.2) is 5.96 Å². The molecule has 0 saturated heterocycles. The third kappa shape index (κ3) is 7.46. The molecule has 1 aromatic carbocycles. The summed E-state index contributed by atoms with van der Waals surface area (Å²) in [6.07, 6.45) is 1.03. The van der Waals surface area contributed by atoms with Gasteiger partial charge in [0.2, 0.25) is 0 Å². The van der Waals surface area contributed by atoms with E-state index in [-0.39, 0.29) is 5.91 Å². The van der Waals surface area contributed by atoms with Crippen LogP contribution >= 0.6 is 0 Å². The molecular weight excluding hydrogens is 302 g/mol. The first-order valence-electron chi connectivity index (χ1n) is 8.45. The van der Waals surface area contributed by atoms with Crippen molar-refractivity contribution in [2.75, 3.05) is 34.2 Å². The molecule has 0 aliphatic rings. The third-order valence-corrected chi connectivity index (χ3v) is 3.71. The minimum atomic E-state index is -0.0409. The van der Waals surface area contributed by atoms with E-state index in [0.717, 1.165) is 24.5 Å². The molecule has 1 unspecified atom stereocenters. The number of aliphatic imine (C=N–C) groups is 1. The fourth-order valence-corrected chi connectivity index (χ4v) is 2.03. The van der Waals surface area contributed by atoms with Crippen LogP contribution in [0.3, 0.4) is 0 Å². The average molecular weight is 333 g/mol. The molecular formula is C18H31N5O. The topological polar surface area (TPSA) is 68.8 Å². The van der Waals surface area contributed by atoms with Crippen molar-refractivity contribution in [2.45, 2.75) is 32.9 Å². The molecule has 0 heterocycles. The Morgan fingerprint density at radius 2 is 2.04 bits per heavy atom. The summed E-state index contributed by atoms with van der Waals surface area (Å²) in [6.45, 7) is 6.33. The maximum Gasteiger partial charge on any atom is 0.251 e. The van der Waals surface area contributed by atoms with Gasteiger partial charge in [-0.2, -0.15) is 0 Å². The number of nitrogens with one attached hydrogen (secondary N) is 3. The van der Waals surface area contributed by atoms with E-state index in [1.807, 2.05) is 43.3 Å². The first-order valence-corrected chi connectivity index (χ1v) is 8.45. The van der Waals surface area contributed by atoms with E-state index < -0.39 is 0 Å². The van der Waals surface area contributed by atoms with E-state index in [4.69, 9.17) is 0 Å². The number of carbonyl (C=O) groups is 1. The second-order valence-corrected chi connectivity index (χ2v) is 6.14. The normalized spacial score (nSPS) is 12.8. The van der Waals surface area contributed by atoms with E-state index in [9.17, 15) is 4.79 Å². The summed E-state index contributed by atoms with van der Waals surface area (Å²) in [4.78, 5) is 18.4. The molecule has 1 rings (SSSR count). The summed E-state index contributed by atoms with van der Waals surface area (Å²) in [5, 5.41) is 9.52. The van der Waals surface area contributed by atoms with Crippen LogP contribution in [0.4, 0.5) is 0 Å². The Labute approximate surface area is 145 Å². The van der Waals surface area contributed by atoms with Crippen molar-refractivity contribution in [3.63, 3.8) is 0 Å². The molecule has 0 bridgehead atoms. The van der Waals surface area contributed by atoms with Gasteiger partial charge in [0.05, 0.1) is 0 Å². The van der Waals surface area contributed by atoms with Gasteiger partial charge in [-0.15, -0.1) is 0 Å². The molecule has 0 fully saturated rings. The summed E-state index contributed by atoms with van der Waals surface area (Å²) in [5.74, 6) is 0.728. The number of amides is 1. The minimum Gasteiger partial charge on any atom is -0.354 e. The van der Waals surface area contributed by atoms with Crippen LogP contribution in [0.15, 0.2) is 29.3 Å². The van der Waals surface area contributed by atoms with Crippen molar-refractivity contribution >= 4 is 11.9 Å². The summed E-state index contributed by atoms with van der Waals surface area (Å²) in [7, 11) is 5.73. The van der Waals surface area contributed by atoms with E-state index in [1.165, 1.54) is 0 Å². The predicted molar refractivity (Wildman–Crippen MR) is 100 cm³/mol. The lowest BCUT2D eigenvalue weighted by Crippen LogP contribution is -2.41. The van der Waals surface area contributed by atoms with Gasteiger partial charge < -0.3 is 20.9 Å². The largest absolute Gasteiger partial charge is 0.354 e. The summed E-state index contributed by atoms with van der Waals surface area (Å²) in [5.41, 5.74) is 1.72. The zero-order valence-electron chi connectivity index (χ0n) is 15.5. The monoisotopic (exact) mass is 333 g/mol. The van der Waals surface area contributed by atoms with Crippen LogP contribution < -0.4 is 16.0 Å². The second-order valence-electron chi connectivity index (χ2n) is 6.14. The molecule has 1 atom stereocenters. The van der Waals surface area contributed by atoms with Crippen LogP contribution in [-0.4, -0.2) is 57.0 Å². The number of likely N-dealkylation sites (N-methyl/N-ethyl adjacent to an activating group) is 1. The highest BCUT2D eigenvalue weighted by atomic mass is 16.1. The summed E-state index contributed by atoms with van der Waals surface area (Å²) >= 11 is 0. The molecule has 0 spiro atoms. The van der Waals surface area contributed by atoms with Crippen LogP contribution in [0.2, 0.25) is 0 Å². The minimum absolute atomic E-state index is 0.0409. The molecule has 6 heteroatoms. The van der Waals surface area contributed by atoms with Crippen molar-refractivity contribution in [1.29, 1.82) is 0 Å². The predicted octanol–water partition coefficient (Wildman–Crippen LogP) is 1.44. The lowest BCUT2D eigenvalue weighted by Gasteiger charge is -2.16. The van der Waals surface area contributed by atoms with E-state index >= 15 is 0 Å². The lowest BCUT2D eigenvalue weighted by molar-refractivity contribution is 0.0951. The number of benzene rings is 1. The summed E-state index contributed by atoms with van der Waals surface area (Å²) < 4.78 is 0. The maximum atomic E-state index is 12.2. The van der Waals surface area contributed by atoms with Gasteiger partial charge in [-0.3, -0.25) is 9.79 Å². The van der Waals surface area contributed by atoms with Gasteiger partial charge in [0.1, 0.15) is 0 Å². The molecule has 1 amide bonds. The highest BCUT2D eigenvalue weighted by molar-refractivity contribution is 5.94. The van der Waals surface area contributed by atoms with Crippen LogP contribution in [-0.2, 0) is 6.54 Å². The lowest BCUT2D eigenvalue weighted by atomic mass is 10.1. The quantitative estimate of drug-likeness (QED) is 0.497. The van der Waals surface area contributed by atoms with E-state index in [1.54, 1.807) is 7.05 Å². The van der Waals surface area contributed by atoms with Crippen molar-refractivity contribution in [1.82, 2.24) is 20.9 Å². The maximum absolute atomic E-state index is 12.2. The number of rotatable bonds is 8. The molecule has 0 aliphatic carbocycles. The number of guanidine groups is 1. The molecule has 1 aromatic rings. The van der Waals surface area contributed by atoms with Gasteiger partial charge in [0, 0.05) is 38.3 Å². The van der Waals surface area contributed by atoms with E-state index in [0.29, 0.717) is 24.7 Å². The van der Waals surface area contributed by atoms with Crippen LogP contribution in [0.5, 0.6) is 0 Å². The Morgan fingerprint density at radius 1 is 1.29 bits per heavy atom.